The second kappa shape index (κ2) is 6.95. The Kier molecular flexibility index (Phi) is 5.39. The van der Waals surface area contributed by atoms with Gasteiger partial charge in [0.1, 0.15) is 11.8 Å². The van der Waals surface area contributed by atoms with Gasteiger partial charge >= 0.3 is 0 Å². The number of oxazole rings is 1. The van der Waals surface area contributed by atoms with E-state index >= 15 is 0 Å². The molecule has 1 aromatic heterocycles. The van der Waals surface area contributed by atoms with Crippen LogP contribution in [0.25, 0.3) is 0 Å². The Hall–Kier alpha value is -1.50. The van der Waals surface area contributed by atoms with Gasteiger partial charge in [-0.2, -0.15) is 0 Å². The fourth-order valence-electron chi connectivity index (χ4n) is 2.32. The van der Waals surface area contributed by atoms with Gasteiger partial charge in [0.05, 0.1) is 12.1 Å². The van der Waals surface area contributed by atoms with Gasteiger partial charge in [0.25, 0.3) is 0 Å². The molecule has 0 aliphatic carbocycles. The molecule has 2 heterocycles. The van der Waals surface area contributed by atoms with Crippen LogP contribution in [0.1, 0.15) is 38.8 Å². The van der Waals surface area contributed by atoms with Crippen LogP contribution in [0, 0.1) is 0 Å². The summed E-state index contributed by atoms with van der Waals surface area (Å²) in [5.41, 5.74) is -0.0932. The fourth-order valence-corrected chi connectivity index (χ4v) is 3.49. The van der Waals surface area contributed by atoms with Gasteiger partial charge in [-0.25, -0.2) is 4.98 Å². The lowest BCUT2D eigenvalue weighted by molar-refractivity contribution is -0.141. The number of rotatable bonds is 4. The van der Waals surface area contributed by atoms with E-state index in [1.165, 1.54) is 0 Å². The van der Waals surface area contributed by atoms with Gasteiger partial charge in [-0.3, -0.25) is 9.59 Å². The summed E-state index contributed by atoms with van der Waals surface area (Å²) in [5, 5.41) is 0. The number of aryl methyl sites for hydroxylation is 1. The highest BCUT2D eigenvalue weighted by Gasteiger charge is 2.35. The quantitative estimate of drug-likeness (QED) is 0.838. The average molecular weight is 339 g/mol. The third-order valence-corrected chi connectivity index (χ3v) is 4.79. The highest BCUT2D eigenvalue weighted by atomic mass is 32.2. The summed E-state index contributed by atoms with van der Waals surface area (Å²) in [6.07, 6.45) is 2.49. The zero-order valence-electron chi connectivity index (χ0n) is 14.5. The molecular weight excluding hydrogens is 314 g/mol. The zero-order valence-corrected chi connectivity index (χ0v) is 15.3. The molecule has 0 saturated carbocycles. The Bertz CT molecular complexity index is 577. The number of aromatic nitrogens is 1. The molecule has 0 aromatic carbocycles. The molecule has 23 heavy (non-hydrogen) atoms. The third kappa shape index (κ3) is 4.28. The summed E-state index contributed by atoms with van der Waals surface area (Å²) in [5.74, 6) is 2.58. The standard InChI is InChI=1S/C16H25N3O3S/c1-16(2,3)12-8-17-13(22-12)6-7-14(20)19-10-23-9-11(19)15(21)18(4)5/h8,11H,6-7,9-10H2,1-5H3/t11-/m1/s1. The number of likely N-dealkylation sites (N-methyl/N-ethyl adjacent to an activating group) is 1. The van der Waals surface area contributed by atoms with E-state index in [9.17, 15) is 9.59 Å². The second-order valence-corrected chi connectivity index (χ2v) is 7.98. The van der Waals surface area contributed by atoms with Crippen LogP contribution in [0.4, 0.5) is 0 Å². The molecule has 1 aliphatic heterocycles. The summed E-state index contributed by atoms with van der Waals surface area (Å²) < 4.78 is 5.71. The lowest BCUT2D eigenvalue weighted by Crippen LogP contribution is -2.46. The number of hydrogen-bond donors (Lipinski definition) is 0. The molecule has 1 aromatic rings. The van der Waals surface area contributed by atoms with E-state index in [0.717, 1.165) is 5.76 Å². The molecule has 0 unspecified atom stereocenters. The SMILES string of the molecule is CN(C)C(=O)[C@H]1CSCN1C(=O)CCc1ncc(C(C)(C)C)o1. The van der Waals surface area contributed by atoms with Crippen molar-refractivity contribution < 1.29 is 14.0 Å². The van der Waals surface area contributed by atoms with Gasteiger partial charge in [0.15, 0.2) is 5.89 Å². The number of thioether (sulfide) groups is 1. The monoisotopic (exact) mass is 339 g/mol. The maximum Gasteiger partial charge on any atom is 0.245 e. The number of amides is 2. The van der Waals surface area contributed by atoms with Crippen molar-refractivity contribution in [2.45, 2.75) is 45.1 Å². The first-order valence-corrected chi connectivity index (χ1v) is 8.89. The van der Waals surface area contributed by atoms with Crippen molar-refractivity contribution in [1.29, 1.82) is 0 Å². The maximum atomic E-state index is 12.4. The number of carbonyl (C=O) groups is 2. The summed E-state index contributed by atoms with van der Waals surface area (Å²) in [4.78, 5) is 32.0. The topological polar surface area (TPSA) is 66.7 Å². The van der Waals surface area contributed by atoms with Crippen molar-refractivity contribution in [2.75, 3.05) is 25.7 Å². The molecule has 0 bridgehead atoms. The van der Waals surface area contributed by atoms with E-state index in [2.05, 4.69) is 25.8 Å². The maximum absolute atomic E-state index is 12.4. The molecule has 2 amide bonds. The van der Waals surface area contributed by atoms with Crippen molar-refractivity contribution in [3.8, 4) is 0 Å². The Morgan fingerprint density at radius 3 is 2.70 bits per heavy atom. The lowest BCUT2D eigenvalue weighted by Gasteiger charge is -2.25. The Morgan fingerprint density at radius 2 is 2.13 bits per heavy atom. The molecule has 0 radical (unpaired) electrons. The molecule has 1 saturated heterocycles. The molecule has 0 spiro atoms. The predicted molar refractivity (Wildman–Crippen MR) is 90.2 cm³/mol. The van der Waals surface area contributed by atoms with Crippen molar-refractivity contribution in [1.82, 2.24) is 14.8 Å². The van der Waals surface area contributed by atoms with Crippen LogP contribution < -0.4 is 0 Å². The van der Waals surface area contributed by atoms with E-state index in [1.807, 2.05) is 0 Å². The van der Waals surface area contributed by atoms with E-state index in [1.54, 1.807) is 41.9 Å². The molecule has 6 nitrogen and oxygen atoms in total. The van der Waals surface area contributed by atoms with Crippen LogP contribution in [0.2, 0.25) is 0 Å². The van der Waals surface area contributed by atoms with Gasteiger partial charge in [-0.15, -0.1) is 11.8 Å². The smallest absolute Gasteiger partial charge is 0.245 e. The minimum Gasteiger partial charge on any atom is -0.445 e. The van der Waals surface area contributed by atoms with Gasteiger partial charge in [-0.05, 0) is 0 Å². The van der Waals surface area contributed by atoms with E-state index < -0.39 is 0 Å². The molecule has 7 heteroatoms. The molecule has 2 rings (SSSR count). The van der Waals surface area contributed by atoms with Crippen molar-refractivity contribution in [3.05, 3.63) is 17.8 Å². The summed E-state index contributed by atoms with van der Waals surface area (Å²) in [6, 6.07) is -0.350. The van der Waals surface area contributed by atoms with Gasteiger partial charge in [0, 0.05) is 38.1 Å². The van der Waals surface area contributed by atoms with E-state index in [-0.39, 0.29) is 23.3 Å². The molecular formula is C16H25N3O3S. The molecule has 128 valence electrons. The fraction of sp³-hybridized carbons (Fsp3) is 0.688. The van der Waals surface area contributed by atoms with Crippen molar-refractivity contribution in [3.63, 3.8) is 0 Å². The minimum atomic E-state index is -0.350. The lowest BCUT2D eigenvalue weighted by atomic mass is 9.94. The second-order valence-electron chi connectivity index (χ2n) is 6.98. The summed E-state index contributed by atoms with van der Waals surface area (Å²) >= 11 is 1.61. The van der Waals surface area contributed by atoms with Crippen molar-refractivity contribution in [2.24, 2.45) is 0 Å². The van der Waals surface area contributed by atoms with Crippen LogP contribution in [0.15, 0.2) is 10.6 Å². The number of nitrogens with zero attached hydrogens (tertiary/aromatic N) is 3. The summed E-state index contributed by atoms with van der Waals surface area (Å²) in [7, 11) is 3.43. The van der Waals surface area contributed by atoms with Crippen LogP contribution in [0.5, 0.6) is 0 Å². The van der Waals surface area contributed by atoms with Crippen LogP contribution in [0.3, 0.4) is 0 Å². The minimum absolute atomic E-state index is 0.0190. The zero-order chi connectivity index (χ0) is 17.2. The van der Waals surface area contributed by atoms with Crippen LogP contribution >= 0.6 is 11.8 Å². The Labute approximate surface area is 141 Å². The van der Waals surface area contributed by atoms with Crippen molar-refractivity contribution >= 4 is 23.6 Å². The molecule has 1 aliphatic rings. The third-order valence-electron chi connectivity index (χ3n) is 3.77. The molecule has 1 fully saturated rings. The summed E-state index contributed by atoms with van der Waals surface area (Å²) in [6.45, 7) is 6.17. The van der Waals surface area contributed by atoms with E-state index in [4.69, 9.17) is 4.42 Å². The first-order chi connectivity index (χ1) is 10.7. The normalized spacial score (nSPS) is 18.3. The largest absolute Gasteiger partial charge is 0.445 e. The van der Waals surface area contributed by atoms with Crippen LogP contribution in [-0.2, 0) is 21.4 Å². The molecule has 1 atom stereocenters. The van der Waals surface area contributed by atoms with Gasteiger partial charge in [-0.1, -0.05) is 20.8 Å². The predicted octanol–water partition coefficient (Wildman–Crippen LogP) is 1.89. The Balaban J connectivity index is 1.94. The van der Waals surface area contributed by atoms with E-state index in [0.29, 0.717) is 30.4 Å². The van der Waals surface area contributed by atoms with Crippen LogP contribution in [-0.4, -0.2) is 58.4 Å². The Morgan fingerprint density at radius 1 is 1.43 bits per heavy atom. The first kappa shape index (κ1) is 17.8. The number of hydrogen-bond acceptors (Lipinski definition) is 5. The highest BCUT2D eigenvalue weighted by molar-refractivity contribution is 7.99. The first-order valence-electron chi connectivity index (χ1n) is 7.73. The highest BCUT2D eigenvalue weighted by Crippen LogP contribution is 2.25. The average Bonchev–Trinajstić information content (AvgIpc) is 3.12. The van der Waals surface area contributed by atoms with Gasteiger partial charge < -0.3 is 14.2 Å². The number of carbonyl (C=O) groups excluding carboxylic acids is 2. The van der Waals surface area contributed by atoms with Gasteiger partial charge in [0.2, 0.25) is 11.8 Å². The molecule has 0 N–H and O–H groups in total.